The minimum Gasteiger partial charge on any atom is -0.325 e. The Kier molecular flexibility index (Phi) is 6.79. The maximum atomic E-state index is 12.5. The number of amides is 1. The van der Waals surface area contributed by atoms with Crippen molar-refractivity contribution in [2.45, 2.75) is 18.6 Å². The summed E-state index contributed by atoms with van der Waals surface area (Å²) in [4.78, 5) is 17.4. The number of hydrogen-bond acceptors (Lipinski definition) is 5. The first-order chi connectivity index (χ1) is 17.1. The summed E-state index contributed by atoms with van der Waals surface area (Å²) in [7, 11) is 0. The Morgan fingerprint density at radius 3 is 2.57 bits per heavy atom. The highest BCUT2D eigenvalue weighted by atomic mass is 35.5. The van der Waals surface area contributed by atoms with E-state index in [4.69, 9.17) is 16.6 Å². The van der Waals surface area contributed by atoms with Gasteiger partial charge in [-0.05, 0) is 37.3 Å². The highest BCUT2D eigenvalue weighted by Crippen LogP contribution is 2.33. The third-order valence-electron chi connectivity index (χ3n) is 5.50. The number of pyridine rings is 1. The molecule has 0 saturated carbocycles. The number of nitrogens with one attached hydrogen (secondary N) is 1. The molecule has 0 radical (unpaired) electrons. The number of fused-ring (bicyclic) bond motifs is 1. The van der Waals surface area contributed by atoms with Gasteiger partial charge in [0, 0.05) is 33.8 Å². The van der Waals surface area contributed by atoms with Crippen LogP contribution in [-0.2, 0) is 11.3 Å². The van der Waals surface area contributed by atoms with Crippen molar-refractivity contribution < 1.29 is 4.79 Å². The molecule has 174 valence electrons. The average Bonchev–Trinajstić information content (AvgIpc) is 3.30. The van der Waals surface area contributed by atoms with Crippen LogP contribution < -0.4 is 5.32 Å². The van der Waals surface area contributed by atoms with E-state index in [1.165, 1.54) is 11.8 Å². The van der Waals surface area contributed by atoms with Crippen LogP contribution in [-0.4, -0.2) is 31.4 Å². The summed E-state index contributed by atoms with van der Waals surface area (Å²) in [5, 5.41) is 14.1. The van der Waals surface area contributed by atoms with Crippen molar-refractivity contribution in [1.82, 2.24) is 19.7 Å². The quantitative estimate of drug-likeness (QED) is 0.256. The van der Waals surface area contributed by atoms with E-state index in [2.05, 4.69) is 21.6 Å². The Balaban J connectivity index is 1.46. The van der Waals surface area contributed by atoms with E-state index < -0.39 is 0 Å². The number of halogens is 1. The Morgan fingerprint density at radius 1 is 0.971 bits per heavy atom. The Bertz CT molecular complexity index is 1500. The normalized spacial score (nSPS) is 11.0. The number of carbonyl (C=O) groups is 1. The summed E-state index contributed by atoms with van der Waals surface area (Å²) in [6, 6.07) is 27.3. The highest BCUT2D eigenvalue weighted by molar-refractivity contribution is 7.99. The third kappa shape index (κ3) is 5.06. The van der Waals surface area contributed by atoms with Crippen molar-refractivity contribution in [1.29, 1.82) is 0 Å². The summed E-state index contributed by atoms with van der Waals surface area (Å²) in [5.41, 5.74) is 4.43. The maximum absolute atomic E-state index is 12.5. The summed E-state index contributed by atoms with van der Waals surface area (Å²) >= 11 is 7.36. The van der Waals surface area contributed by atoms with Gasteiger partial charge >= 0.3 is 0 Å². The van der Waals surface area contributed by atoms with Gasteiger partial charge in [-0.3, -0.25) is 4.79 Å². The molecule has 0 atom stereocenters. The molecule has 2 aromatic heterocycles. The van der Waals surface area contributed by atoms with E-state index in [9.17, 15) is 4.79 Å². The predicted molar refractivity (Wildman–Crippen MR) is 143 cm³/mol. The third-order valence-corrected chi connectivity index (χ3v) is 6.70. The first kappa shape index (κ1) is 23.1. The van der Waals surface area contributed by atoms with Gasteiger partial charge in [0.2, 0.25) is 5.91 Å². The standard InChI is InChI=1S/C27H22ClN5OS/c1-2-33-26(31-32-27(33)35-17-25(34)29-20-12-8-11-19(28)15-20)22-16-24(18-9-4-3-5-10-18)30-23-14-7-6-13-21(22)23/h3-16H,2,17H2,1H3,(H,29,34). The van der Waals surface area contributed by atoms with Crippen molar-refractivity contribution >= 4 is 45.9 Å². The van der Waals surface area contributed by atoms with E-state index in [-0.39, 0.29) is 11.7 Å². The largest absolute Gasteiger partial charge is 0.325 e. The lowest BCUT2D eigenvalue weighted by atomic mass is 10.0. The number of benzene rings is 3. The van der Waals surface area contributed by atoms with E-state index in [0.717, 1.165) is 33.5 Å². The molecule has 35 heavy (non-hydrogen) atoms. The number of carbonyl (C=O) groups excluding carboxylic acids is 1. The molecular formula is C27H22ClN5OS. The molecule has 0 unspecified atom stereocenters. The van der Waals surface area contributed by atoms with Crippen LogP contribution in [0.25, 0.3) is 33.5 Å². The topological polar surface area (TPSA) is 72.7 Å². The summed E-state index contributed by atoms with van der Waals surface area (Å²) in [6.45, 7) is 2.71. The van der Waals surface area contributed by atoms with Gasteiger partial charge < -0.3 is 9.88 Å². The van der Waals surface area contributed by atoms with E-state index in [1.807, 2.05) is 66.1 Å². The van der Waals surface area contributed by atoms with E-state index in [0.29, 0.717) is 22.4 Å². The zero-order valence-electron chi connectivity index (χ0n) is 19.0. The monoisotopic (exact) mass is 499 g/mol. The summed E-state index contributed by atoms with van der Waals surface area (Å²) < 4.78 is 2.04. The molecule has 5 aromatic rings. The van der Waals surface area contributed by atoms with Crippen LogP contribution in [0.4, 0.5) is 5.69 Å². The van der Waals surface area contributed by atoms with Gasteiger partial charge in [-0.25, -0.2) is 4.98 Å². The molecule has 0 bridgehead atoms. The minimum absolute atomic E-state index is 0.134. The van der Waals surface area contributed by atoms with Gasteiger partial charge in [0.05, 0.1) is 17.0 Å². The fraction of sp³-hybridized carbons (Fsp3) is 0.111. The van der Waals surface area contributed by atoms with Gasteiger partial charge in [-0.2, -0.15) is 0 Å². The van der Waals surface area contributed by atoms with Crippen LogP contribution in [0, 0.1) is 0 Å². The molecule has 0 fully saturated rings. The Hall–Kier alpha value is -3.68. The maximum Gasteiger partial charge on any atom is 0.234 e. The lowest BCUT2D eigenvalue weighted by molar-refractivity contribution is -0.113. The van der Waals surface area contributed by atoms with Crippen molar-refractivity contribution in [3.63, 3.8) is 0 Å². The highest BCUT2D eigenvalue weighted by Gasteiger charge is 2.18. The lowest BCUT2D eigenvalue weighted by Gasteiger charge is -2.12. The van der Waals surface area contributed by atoms with Crippen molar-refractivity contribution in [3.05, 3.63) is 90.0 Å². The molecule has 0 aliphatic heterocycles. The molecule has 8 heteroatoms. The second kappa shape index (κ2) is 10.3. The van der Waals surface area contributed by atoms with Crippen LogP contribution >= 0.6 is 23.4 Å². The second-order valence-corrected chi connectivity index (χ2v) is 9.21. The molecular weight excluding hydrogens is 478 g/mol. The summed E-state index contributed by atoms with van der Waals surface area (Å²) in [6.07, 6.45) is 0. The smallest absolute Gasteiger partial charge is 0.234 e. The molecule has 6 nitrogen and oxygen atoms in total. The zero-order valence-corrected chi connectivity index (χ0v) is 20.6. The van der Waals surface area contributed by atoms with Gasteiger partial charge in [0.25, 0.3) is 0 Å². The second-order valence-electron chi connectivity index (χ2n) is 7.84. The lowest BCUT2D eigenvalue weighted by Crippen LogP contribution is -2.14. The number of anilines is 1. The molecule has 0 aliphatic rings. The Morgan fingerprint density at radius 2 is 1.77 bits per heavy atom. The first-order valence-electron chi connectivity index (χ1n) is 11.2. The fourth-order valence-corrected chi connectivity index (χ4v) is 4.88. The molecule has 0 spiro atoms. The van der Waals surface area contributed by atoms with Crippen molar-refractivity contribution in [3.8, 4) is 22.6 Å². The number of aromatic nitrogens is 4. The van der Waals surface area contributed by atoms with Gasteiger partial charge in [0.15, 0.2) is 11.0 Å². The number of hydrogen-bond donors (Lipinski definition) is 1. The SMILES string of the molecule is CCn1c(SCC(=O)Nc2cccc(Cl)c2)nnc1-c1cc(-c2ccccc2)nc2ccccc12. The number of rotatable bonds is 7. The molecule has 0 aliphatic carbocycles. The molecule has 1 amide bonds. The number of para-hydroxylation sites is 1. The van der Waals surface area contributed by atoms with Crippen LogP contribution in [0.5, 0.6) is 0 Å². The van der Waals surface area contributed by atoms with Crippen LogP contribution in [0.1, 0.15) is 6.92 Å². The van der Waals surface area contributed by atoms with Crippen molar-refractivity contribution in [2.75, 3.05) is 11.1 Å². The average molecular weight is 500 g/mol. The summed E-state index contributed by atoms with van der Waals surface area (Å²) in [5.74, 6) is 0.822. The Labute approximate surface area is 212 Å². The van der Waals surface area contributed by atoms with E-state index >= 15 is 0 Å². The number of thioether (sulfide) groups is 1. The van der Waals surface area contributed by atoms with Gasteiger partial charge in [0.1, 0.15) is 0 Å². The fourth-order valence-electron chi connectivity index (χ4n) is 3.89. The molecule has 1 N–H and O–H groups in total. The molecule has 5 rings (SSSR count). The number of nitrogens with zero attached hydrogens (tertiary/aromatic N) is 4. The van der Waals surface area contributed by atoms with Crippen LogP contribution in [0.15, 0.2) is 90.1 Å². The van der Waals surface area contributed by atoms with Crippen LogP contribution in [0.2, 0.25) is 5.02 Å². The first-order valence-corrected chi connectivity index (χ1v) is 12.6. The van der Waals surface area contributed by atoms with Gasteiger partial charge in [-0.1, -0.05) is 78.0 Å². The van der Waals surface area contributed by atoms with E-state index in [1.54, 1.807) is 24.3 Å². The van der Waals surface area contributed by atoms with Crippen LogP contribution in [0.3, 0.4) is 0 Å². The zero-order chi connectivity index (χ0) is 24.2. The molecule has 3 aromatic carbocycles. The molecule has 0 saturated heterocycles. The predicted octanol–water partition coefficient (Wildman–Crippen LogP) is 6.56. The minimum atomic E-state index is -0.134. The van der Waals surface area contributed by atoms with Gasteiger partial charge in [-0.15, -0.1) is 10.2 Å². The van der Waals surface area contributed by atoms with Crippen molar-refractivity contribution in [2.24, 2.45) is 0 Å². The molecule has 2 heterocycles.